The first-order valence-electron chi connectivity index (χ1n) is 3.64. The summed E-state index contributed by atoms with van der Waals surface area (Å²) in [6.07, 6.45) is 0. The molecule has 1 aromatic heterocycles. The van der Waals surface area contributed by atoms with Crippen LogP contribution in [0.1, 0.15) is 11.5 Å². The molecular formula is C8H11NO2. The highest BCUT2D eigenvalue weighted by molar-refractivity contribution is 5.17. The molecule has 0 aromatic carbocycles. The molecule has 1 fully saturated rings. The summed E-state index contributed by atoms with van der Waals surface area (Å²) < 4.78 is 10.4. The Hall–Kier alpha value is -0.800. The van der Waals surface area contributed by atoms with Crippen molar-refractivity contribution in [2.24, 2.45) is 5.73 Å². The molecular weight excluding hydrogens is 142 g/mol. The lowest BCUT2D eigenvalue weighted by molar-refractivity contribution is -0.0670. The van der Waals surface area contributed by atoms with Crippen LogP contribution in [0.15, 0.2) is 16.5 Å². The Morgan fingerprint density at radius 3 is 2.55 bits per heavy atom. The summed E-state index contributed by atoms with van der Waals surface area (Å²) in [6, 6.07) is 3.83. The van der Waals surface area contributed by atoms with Crippen LogP contribution in [-0.4, -0.2) is 13.2 Å². The van der Waals surface area contributed by atoms with Crippen molar-refractivity contribution in [3.05, 3.63) is 23.7 Å². The van der Waals surface area contributed by atoms with Crippen LogP contribution in [0.25, 0.3) is 0 Å². The van der Waals surface area contributed by atoms with Crippen LogP contribution in [0.4, 0.5) is 0 Å². The maximum atomic E-state index is 5.92. The van der Waals surface area contributed by atoms with Crippen molar-refractivity contribution >= 4 is 0 Å². The average molecular weight is 153 g/mol. The number of nitrogens with two attached hydrogens (primary N) is 1. The van der Waals surface area contributed by atoms with E-state index in [1.807, 2.05) is 19.1 Å². The third-order valence-electron chi connectivity index (χ3n) is 1.95. The van der Waals surface area contributed by atoms with Gasteiger partial charge in [0.25, 0.3) is 0 Å². The number of furan rings is 1. The fourth-order valence-corrected chi connectivity index (χ4v) is 1.17. The third kappa shape index (κ3) is 0.968. The first kappa shape index (κ1) is 6.88. The van der Waals surface area contributed by atoms with Gasteiger partial charge in [-0.2, -0.15) is 0 Å². The SMILES string of the molecule is Cc1ccc(C2(N)COC2)o1. The molecule has 3 nitrogen and oxygen atoms in total. The minimum atomic E-state index is -0.353. The van der Waals surface area contributed by atoms with Gasteiger partial charge in [0.1, 0.15) is 17.1 Å². The van der Waals surface area contributed by atoms with E-state index in [-0.39, 0.29) is 5.54 Å². The fraction of sp³-hybridized carbons (Fsp3) is 0.500. The molecule has 0 atom stereocenters. The minimum absolute atomic E-state index is 0.353. The quantitative estimate of drug-likeness (QED) is 0.648. The normalized spacial score (nSPS) is 21.3. The summed E-state index contributed by atoms with van der Waals surface area (Å²) >= 11 is 0. The summed E-state index contributed by atoms with van der Waals surface area (Å²) in [5.74, 6) is 1.73. The molecule has 0 aliphatic carbocycles. The van der Waals surface area contributed by atoms with E-state index in [1.54, 1.807) is 0 Å². The molecule has 11 heavy (non-hydrogen) atoms. The van der Waals surface area contributed by atoms with Crippen molar-refractivity contribution < 1.29 is 9.15 Å². The van der Waals surface area contributed by atoms with Crippen molar-refractivity contribution in [3.8, 4) is 0 Å². The molecule has 0 amide bonds. The van der Waals surface area contributed by atoms with Gasteiger partial charge in [0.2, 0.25) is 0 Å². The van der Waals surface area contributed by atoms with Crippen LogP contribution in [-0.2, 0) is 10.3 Å². The van der Waals surface area contributed by atoms with Crippen LogP contribution in [0, 0.1) is 6.92 Å². The zero-order valence-electron chi connectivity index (χ0n) is 6.46. The van der Waals surface area contributed by atoms with Crippen molar-refractivity contribution in [2.45, 2.75) is 12.5 Å². The van der Waals surface area contributed by atoms with E-state index in [4.69, 9.17) is 14.9 Å². The molecule has 2 rings (SSSR count). The molecule has 1 aromatic rings. The highest BCUT2D eigenvalue weighted by Gasteiger charge is 2.38. The highest BCUT2D eigenvalue weighted by Crippen LogP contribution is 2.27. The average Bonchev–Trinajstić information content (AvgIpc) is 2.31. The lowest BCUT2D eigenvalue weighted by Gasteiger charge is -2.35. The van der Waals surface area contributed by atoms with E-state index in [1.165, 1.54) is 0 Å². The summed E-state index contributed by atoms with van der Waals surface area (Å²) in [4.78, 5) is 0. The Morgan fingerprint density at radius 1 is 1.45 bits per heavy atom. The molecule has 3 heteroatoms. The van der Waals surface area contributed by atoms with E-state index in [0.717, 1.165) is 11.5 Å². The van der Waals surface area contributed by atoms with Gasteiger partial charge < -0.3 is 14.9 Å². The monoisotopic (exact) mass is 153 g/mol. The van der Waals surface area contributed by atoms with Crippen LogP contribution in [0.2, 0.25) is 0 Å². The van der Waals surface area contributed by atoms with Gasteiger partial charge >= 0.3 is 0 Å². The van der Waals surface area contributed by atoms with E-state index < -0.39 is 0 Å². The zero-order valence-corrected chi connectivity index (χ0v) is 6.46. The van der Waals surface area contributed by atoms with Gasteiger partial charge in [-0.1, -0.05) is 0 Å². The standard InChI is InChI=1S/C8H11NO2/c1-6-2-3-7(11-6)8(9)4-10-5-8/h2-3H,4-5,9H2,1H3. The Balaban J connectivity index is 2.28. The lowest BCUT2D eigenvalue weighted by atomic mass is 9.96. The third-order valence-corrected chi connectivity index (χ3v) is 1.95. The second kappa shape index (κ2) is 2.09. The maximum Gasteiger partial charge on any atom is 0.128 e. The number of rotatable bonds is 1. The van der Waals surface area contributed by atoms with E-state index in [0.29, 0.717) is 13.2 Å². The molecule has 1 saturated heterocycles. The Kier molecular flexibility index (Phi) is 1.31. The Bertz CT molecular complexity index is 263. The van der Waals surface area contributed by atoms with Crippen LogP contribution >= 0.6 is 0 Å². The summed E-state index contributed by atoms with van der Waals surface area (Å²) in [5.41, 5.74) is 5.57. The molecule has 2 heterocycles. The highest BCUT2D eigenvalue weighted by atomic mass is 16.5. The number of hydrogen-bond acceptors (Lipinski definition) is 3. The van der Waals surface area contributed by atoms with E-state index >= 15 is 0 Å². The molecule has 1 aliphatic heterocycles. The van der Waals surface area contributed by atoms with Crippen molar-refractivity contribution in [3.63, 3.8) is 0 Å². The van der Waals surface area contributed by atoms with Crippen LogP contribution in [0.3, 0.4) is 0 Å². The van der Waals surface area contributed by atoms with Gasteiger partial charge in [0.15, 0.2) is 0 Å². The van der Waals surface area contributed by atoms with Gasteiger partial charge in [-0.15, -0.1) is 0 Å². The molecule has 0 spiro atoms. The Labute approximate surface area is 65.1 Å². The molecule has 2 N–H and O–H groups in total. The van der Waals surface area contributed by atoms with Crippen LogP contribution in [0.5, 0.6) is 0 Å². The minimum Gasteiger partial charge on any atom is -0.464 e. The topological polar surface area (TPSA) is 48.4 Å². The number of ether oxygens (including phenoxy) is 1. The second-order valence-corrected chi connectivity index (χ2v) is 3.06. The molecule has 60 valence electrons. The molecule has 0 bridgehead atoms. The second-order valence-electron chi connectivity index (χ2n) is 3.06. The van der Waals surface area contributed by atoms with Crippen molar-refractivity contribution in [2.75, 3.05) is 13.2 Å². The predicted molar refractivity (Wildman–Crippen MR) is 40.1 cm³/mol. The van der Waals surface area contributed by atoms with Crippen LogP contribution < -0.4 is 5.73 Å². The maximum absolute atomic E-state index is 5.92. The van der Waals surface area contributed by atoms with E-state index in [9.17, 15) is 0 Å². The van der Waals surface area contributed by atoms with Gasteiger partial charge in [-0.3, -0.25) is 0 Å². The molecule has 0 radical (unpaired) electrons. The molecule has 0 saturated carbocycles. The van der Waals surface area contributed by atoms with Gasteiger partial charge in [0.05, 0.1) is 13.2 Å². The predicted octanol–water partition coefficient (Wildman–Crippen LogP) is 0.772. The fourth-order valence-electron chi connectivity index (χ4n) is 1.17. The smallest absolute Gasteiger partial charge is 0.128 e. The number of hydrogen-bond donors (Lipinski definition) is 1. The first-order valence-corrected chi connectivity index (χ1v) is 3.64. The zero-order chi connectivity index (χ0) is 7.90. The van der Waals surface area contributed by atoms with Gasteiger partial charge in [-0.25, -0.2) is 0 Å². The summed E-state index contributed by atoms with van der Waals surface area (Å²) in [5, 5.41) is 0. The lowest BCUT2D eigenvalue weighted by Crippen LogP contribution is -2.54. The van der Waals surface area contributed by atoms with Gasteiger partial charge in [0, 0.05) is 0 Å². The molecule has 0 unspecified atom stereocenters. The first-order chi connectivity index (χ1) is 5.21. The largest absolute Gasteiger partial charge is 0.464 e. The summed E-state index contributed by atoms with van der Waals surface area (Å²) in [6.45, 7) is 3.05. The van der Waals surface area contributed by atoms with Crippen molar-refractivity contribution in [1.29, 1.82) is 0 Å². The molecule has 1 aliphatic rings. The summed E-state index contributed by atoms with van der Waals surface area (Å²) in [7, 11) is 0. The van der Waals surface area contributed by atoms with Crippen molar-refractivity contribution in [1.82, 2.24) is 0 Å². The van der Waals surface area contributed by atoms with E-state index in [2.05, 4.69) is 0 Å². The van der Waals surface area contributed by atoms with Gasteiger partial charge in [-0.05, 0) is 19.1 Å². The number of aryl methyl sites for hydroxylation is 1. The Morgan fingerprint density at radius 2 is 2.18 bits per heavy atom.